The van der Waals surface area contributed by atoms with Crippen molar-refractivity contribution in [3.63, 3.8) is 0 Å². The van der Waals surface area contributed by atoms with Crippen LogP contribution in [0, 0.1) is 0 Å². The number of esters is 1. The number of rotatable bonds is 2. The number of hydrogen-bond acceptors (Lipinski definition) is 4. The minimum atomic E-state index is -0.969. The predicted octanol–water partition coefficient (Wildman–Crippen LogP) is 2.97. The van der Waals surface area contributed by atoms with Gasteiger partial charge in [-0.05, 0) is 18.2 Å². The molecular formula is C9H6BrClO4. The number of methoxy groups -OCH3 is 1. The molecule has 0 aliphatic carbocycles. The molecule has 0 heterocycles. The first-order chi connectivity index (χ1) is 7.02. The van der Waals surface area contributed by atoms with Gasteiger partial charge in [0, 0.05) is 16.1 Å². The Kier molecular flexibility index (Phi) is 4.11. The fourth-order valence-corrected chi connectivity index (χ4v) is 1.51. The number of ether oxygens (including phenoxy) is 2. The molecule has 0 N–H and O–H groups in total. The van der Waals surface area contributed by atoms with E-state index in [0.29, 0.717) is 4.47 Å². The van der Waals surface area contributed by atoms with Crippen LogP contribution < -0.4 is 4.74 Å². The molecule has 0 atom stereocenters. The maximum absolute atomic E-state index is 11.2. The third-order valence-electron chi connectivity index (χ3n) is 1.49. The Balaban J connectivity index is 3.04. The molecule has 0 saturated heterocycles. The van der Waals surface area contributed by atoms with E-state index in [0.717, 1.165) is 0 Å². The van der Waals surface area contributed by atoms with Crippen LogP contribution in [0.1, 0.15) is 10.4 Å². The summed E-state index contributed by atoms with van der Waals surface area (Å²) in [5.41, 5.74) is -0.705. The highest BCUT2D eigenvalue weighted by atomic mass is 79.9. The molecule has 0 spiro atoms. The van der Waals surface area contributed by atoms with Gasteiger partial charge < -0.3 is 9.47 Å². The molecule has 6 heteroatoms. The molecule has 4 nitrogen and oxygen atoms in total. The minimum absolute atomic E-state index is 0.171. The van der Waals surface area contributed by atoms with E-state index < -0.39 is 11.4 Å². The Morgan fingerprint density at radius 3 is 2.53 bits per heavy atom. The molecule has 0 radical (unpaired) electrons. The third-order valence-corrected chi connectivity index (χ3v) is 2.03. The summed E-state index contributed by atoms with van der Waals surface area (Å²) in [6.45, 7) is 0. The van der Waals surface area contributed by atoms with Crippen LogP contribution in [0.5, 0.6) is 5.75 Å². The van der Waals surface area contributed by atoms with Crippen LogP contribution in [0.15, 0.2) is 22.7 Å². The maximum Gasteiger partial charge on any atom is 0.409 e. The van der Waals surface area contributed by atoms with Crippen LogP contribution in [-0.2, 0) is 4.74 Å². The van der Waals surface area contributed by atoms with E-state index in [-0.39, 0.29) is 11.3 Å². The van der Waals surface area contributed by atoms with Gasteiger partial charge in [0.2, 0.25) is 0 Å². The van der Waals surface area contributed by atoms with Gasteiger partial charge >= 0.3 is 11.4 Å². The van der Waals surface area contributed by atoms with Crippen LogP contribution >= 0.6 is 27.5 Å². The van der Waals surface area contributed by atoms with Gasteiger partial charge in [-0.15, -0.1) is 0 Å². The van der Waals surface area contributed by atoms with E-state index in [4.69, 9.17) is 11.6 Å². The van der Waals surface area contributed by atoms with E-state index in [2.05, 4.69) is 25.4 Å². The molecule has 0 aliphatic heterocycles. The van der Waals surface area contributed by atoms with Crippen molar-refractivity contribution in [2.75, 3.05) is 7.11 Å². The number of halogens is 2. The maximum atomic E-state index is 11.2. The van der Waals surface area contributed by atoms with Crippen molar-refractivity contribution in [2.45, 2.75) is 0 Å². The van der Waals surface area contributed by atoms with Crippen molar-refractivity contribution in [3.8, 4) is 5.75 Å². The van der Waals surface area contributed by atoms with Gasteiger partial charge in [-0.3, -0.25) is 0 Å². The first-order valence-electron chi connectivity index (χ1n) is 3.79. The molecule has 0 aliphatic rings. The highest BCUT2D eigenvalue weighted by Crippen LogP contribution is 2.22. The molecule has 0 bridgehead atoms. The van der Waals surface area contributed by atoms with Gasteiger partial charge in [0.1, 0.15) is 5.75 Å². The molecular weight excluding hydrogens is 287 g/mol. The smallest absolute Gasteiger partial charge is 0.409 e. The fourth-order valence-electron chi connectivity index (χ4n) is 0.950. The van der Waals surface area contributed by atoms with Crippen molar-refractivity contribution in [1.29, 1.82) is 0 Å². The Morgan fingerprint density at radius 2 is 2.00 bits per heavy atom. The van der Waals surface area contributed by atoms with Gasteiger partial charge in [-0.2, -0.15) is 0 Å². The Labute approximate surface area is 99.2 Å². The fraction of sp³-hybridized carbons (Fsp3) is 0.111. The summed E-state index contributed by atoms with van der Waals surface area (Å²) in [7, 11) is 1.26. The van der Waals surface area contributed by atoms with Crippen molar-refractivity contribution in [2.24, 2.45) is 0 Å². The number of hydrogen-bond donors (Lipinski definition) is 0. The molecule has 1 aromatic carbocycles. The average Bonchev–Trinajstić information content (AvgIpc) is 2.14. The largest absolute Gasteiger partial charge is 0.465 e. The molecule has 80 valence electrons. The zero-order valence-corrected chi connectivity index (χ0v) is 9.96. The number of carbonyl (C=O) groups is 2. The van der Waals surface area contributed by atoms with Gasteiger partial charge in [0.25, 0.3) is 0 Å². The van der Waals surface area contributed by atoms with Crippen LogP contribution in [-0.4, -0.2) is 18.5 Å². The third kappa shape index (κ3) is 3.53. The highest BCUT2D eigenvalue weighted by molar-refractivity contribution is 9.10. The summed E-state index contributed by atoms with van der Waals surface area (Å²) in [6, 6.07) is 4.40. The molecule has 1 aromatic rings. The predicted molar refractivity (Wildman–Crippen MR) is 57.4 cm³/mol. The first-order valence-corrected chi connectivity index (χ1v) is 4.96. The summed E-state index contributed by atoms with van der Waals surface area (Å²) < 4.78 is 9.72. The van der Waals surface area contributed by atoms with Crippen molar-refractivity contribution in [1.82, 2.24) is 0 Å². The average molecular weight is 294 g/mol. The van der Waals surface area contributed by atoms with Crippen molar-refractivity contribution >= 4 is 38.9 Å². The Hall–Kier alpha value is -1.07. The Bertz CT molecular complexity index is 405. The SMILES string of the molecule is COC(=O)c1cc(Br)cc(OC(=O)Cl)c1. The molecule has 15 heavy (non-hydrogen) atoms. The molecule has 0 aromatic heterocycles. The van der Waals surface area contributed by atoms with Gasteiger partial charge in [0.15, 0.2) is 0 Å². The molecule has 0 amide bonds. The summed E-state index contributed by atoms with van der Waals surface area (Å²) in [5.74, 6) is -0.354. The normalized spacial score (nSPS) is 9.53. The second kappa shape index (κ2) is 5.14. The van der Waals surface area contributed by atoms with Crippen LogP contribution in [0.4, 0.5) is 4.79 Å². The van der Waals surface area contributed by atoms with E-state index in [1.165, 1.54) is 25.3 Å². The van der Waals surface area contributed by atoms with Crippen molar-refractivity contribution in [3.05, 3.63) is 28.2 Å². The second-order valence-corrected chi connectivity index (χ2v) is 3.73. The quantitative estimate of drug-likeness (QED) is 0.621. The lowest BCUT2D eigenvalue weighted by Crippen LogP contribution is -2.03. The lowest BCUT2D eigenvalue weighted by atomic mass is 10.2. The van der Waals surface area contributed by atoms with E-state index in [1.54, 1.807) is 0 Å². The lowest BCUT2D eigenvalue weighted by molar-refractivity contribution is 0.0600. The first kappa shape index (κ1) is 12.0. The topological polar surface area (TPSA) is 52.6 Å². The van der Waals surface area contributed by atoms with E-state index >= 15 is 0 Å². The van der Waals surface area contributed by atoms with E-state index in [1.807, 2.05) is 0 Å². The summed E-state index contributed by atoms with van der Waals surface area (Å²) in [5, 5.41) is 0. The van der Waals surface area contributed by atoms with Crippen molar-refractivity contribution < 1.29 is 19.1 Å². The van der Waals surface area contributed by atoms with Crippen LogP contribution in [0.3, 0.4) is 0 Å². The lowest BCUT2D eigenvalue weighted by Gasteiger charge is -2.04. The highest BCUT2D eigenvalue weighted by Gasteiger charge is 2.10. The van der Waals surface area contributed by atoms with Crippen LogP contribution in [0.2, 0.25) is 0 Å². The molecule has 0 saturated carbocycles. The zero-order valence-electron chi connectivity index (χ0n) is 7.62. The minimum Gasteiger partial charge on any atom is -0.465 e. The number of carbonyl (C=O) groups excluding carboxylic acids is 2. The summed E-state index contributed by atoms with van der Waals surface area (Å²) in [4.78, 5) is 21.7. The standard InChI is InChI=1S/C9H6BrClO4/c1-14-8(12)5-2-6(10)4-7(3-5)15-9(11)13/h2-4H,1H3. The number of benzene rings is 1. The van der Waals surface area contributed by atoms with Gasteiger partial charge in [-0.25, -0.2) is 9.59 Å². The zero-order chi connectivity index (χ0) is 11.4. The Morgan fingerprint density at radius 1 is 1.33 bits per heavy atom. The van der Waals surface area contributed by atoms with Crippen LogP contribution in [0.25, 0.3) is 0 Å². The monoisotopic (exact) mass is 292 g/mol. The van der Waals surface area contributed by atoms with E-state index in [9.17, 15) is 9.59 Å². The molecule has 1 rings (SSSR count). The summed E-state index contributed by atoms with van der Waals surface area (Å²) >= 11 is 8.20. The summed E-state index contributed by atoms with van der Waals surface area (Å²) in [6.07, 6.45) is 0. The molecule has 0 fully saturated rings. The van der Waals surface area contributed by atoms with Gasteiger partial charge in [-0.1, -0.05) is 15.9 Å². The second-order valence-electron chi connectivity index (χ2n) is 2.51. The van der Waals surface area contributed by atoms with Gasteiger partial charge in [0.05, 0.1) is 12.7 Å². The molecule has 0 unspecified atom stereocenters.